The summed E-state index contributed by atoms with van der Waals surface area (Å²) in [5.41, 5.74) is -0.165. The molecular formula is C16H15F3N4O2. The Kier molecular flexibility index (Phi) is 4.84. The predicted molar refractivity (Wildman–Crippen MR) is 83.1 cm³/mol. The molecule has 1 aromatic carbocycles. The van der Waals surface area contributed by atoms with Gasteiger partial charge < -0.3 is 15.0 Å². The third-order valence-corrected chi connectivity index (χ3v) is 3.65. The number of hydrogen-bond acceptors (Lipinski definition) is 5. The van der Waals surface area contributed by atoms with Gasteiger partial charge >= 0.3 is 0 Å². The van der Waals surface area contributed by atoms with Crippen molar-refractivity contribution in [3.8, 4) is 0 Å². The van der Waals surface area contributed by atoms with E-state index in [-0.39, 0.29) is 28.9 Å². The van der Waals surface area contributed by atoms with Crippen LogP contribution in [0.15, 0.2) is 18.2 Å². The molecule has 1 N–H and O–H groups in total. The average molecular weight is 352 g/mol. The highest BCUT2D eigenvalue weighted by Crippen LogP contribution is 2.23. The van der Waals surface area contributed by atoms with Crippen LogP contribution in [0, 0.1) is 24.4 Å². The van der Waals surface area contributed by atoms with Gasteiger partial charge in [-0.25, -0.2) is 23.1 Å². The number of rotatable bonds is 3. The largest absolute Gasteiger partial charge is 0.378 e. The minimum Gasteiger partial charge on any atom is -0.378 e. The first-order valence-electron chi connectivity index (χ1n) is 7.59. The number of carbonyl (C=O) groups is 1. The first-order chi connectivity index (χ1) is 12.0. The average Bonchev–Trinajstić information content (AvgIpc) is 2.62. The van der Waals surface area contributed by atoms with Crippen LogP contribution in [0.25, 0.3) is 0 Å². The fraction of sp³-hybridized carbons (Fsp3) is 0.312. The molecule has 0 unspecified atom stereocenters. The Morgan fingerprint density at radius 2 is 1.88 bits per heavy atom. The number of aryl methyl sites for hydroxylation is 1. The molecule has 25 heavy (non-hydrogen) atoms. The zero-order valence-corrected chi connectivity index (χ0v) is 13.4. The summed E-state index contributed by atoms with van der Waals surface area (Å²) in [6.07, 6.45) is 0. The topological polar surface area (TPSA) is 67.4 Å². The van der Waals surface area contributed by atoms with E-state index in [0.29, 0.717) is 26.3 Å². The number of hydrogen-bond donors (Lipinski definition) is 1. The maximum Gasteiger partial charge on any atom is 0.272 e. The van der Waals surface area contributed by atoms with Crippen molar-refractivity contribution < 1.29 is 22.7 Å². The quantitative estimate of drug-likeness (QED) is 0.860. The van der Waals surface area contributed by atoms with E-state index in [1.54, 1.807) is 11.8 Å². The molecular weight excluding hydrogens is 337 g/mol. The molecule has 1 aliphatic rings. The fourth-order valence-electron chi connectivity index (χ4n) is 2.43. The molecule has 1 saturated heterocycles. The van der Waals surface area contributed by atoms with Gasteiger partial charge in [0.05, 0.1) is 18.9 Å². The van der Waals surface area contributed by atoms with Crippen LogP contribution in [0.2, 0.25) is 0 Å². The summed E-state index contributed by atoms with van der Waals surface area (Å²) in [6.45, 7) is 3.36. The number of ether oxygens (including phenoxy) is 1. The molecule has 132 valence electrons. The van der Waals surface area contributed by atoms with Crippen LogP contribution in [0.1, 0.15) is 16.3 Å². The number of benzene rings is 1. The van der Waals surface area contributed by atoms with E-state index in [1.165, 1.54) is 6.07 Å². The van der Waals surface area contributed by atoms with Crippen LogP contribution in [-0.2, 0) is 4.74 Å². The Labute approximate surface area is 141 Å². The normalized spacial score (nSPS) is 14.5. The van der Waals surface area contributed by atoms with Gasteiger partial charge in [-0.05, 0) is 19.1 Å². The lowest BCUT2D eigenvalue weighted by molar-refractivity contribution is 0.0299. The minimum atomic E-state index is -1.58. The van der Waals surface area contributed by atoms with Crippen LogP contribution < -0.4 is 5.32 Å². The van der Waals surface area contributed by atoms with Crippen molar-refractivity contribution in [1.29, 1.82) is 0 Å². The lowest BCUT2D eigenvalue weighted by Crippen LogP contribution is -2.41. The summed E-state index contributed by atoms with van der Waals surface area (Å²) in [7, 11) is 0. The van der Waals surface area contributed by atoms with Crippen LogP contribution in [0.4, 0.5) is 24.7 Å². The third kappa shape index (κ3) is 3.71. The van der Waals surface area contributed by atoms with Gasteiger partial charge in [0.2, 0.25) is 0 Å². The first-order valence-corrected chi connectivity index (χ1v) is 7.59. The molecule has 0 saturated carbocycles. The Morgan fingerprint density at radius 3 is 2.60 bits per heavy atom. The third-order valence-electron chi connectivity index (χ3n) is 3.65. The molecule has 1 aromatic heterocycles. The molecule has 2 heterocycles. The molecule has 9 heteroatoms. The molecule has 6 nitrogen and oxygen atoms in total. The fourth-order valence-corrected chi connectivity index (χ4v) is 2.43. The summed E-state index contributed by atoms with van der Waals surface area (Å²) >= 11 is 0. The maximum absolute atomic E-state index is 13.8. The van der Waals surface area contributed by atoms with Gasteiger partial charge in [0.1, 0.15) is 17.3 Å². The highest BCUT2D eigenvalue weighted by atomic mass is 19.2. The van der Waals surface area contributed by atoms with Crippen LogP contribution >= 0.6 is 0 Å². The Morgan fingerprint density at radius 1 is 1.16 bits per heavy atom. The zero-order chi connectivity index (χ0) is 18.0. The number of morpholine rings is 1. The van der Waals surface area contributed by atoms with Crippen molar-refractivity contribution in [2.24, 2.45) is 0 Å². The van der Waals surface area contributed by atoms with Gasteiger partial charge in [-0.1, -0.05) is 0 Å². The number of nitrogens with one attached hydrogen (secondary N) is 1. The van der Waals surface area contributed by atoms with E-state index in [4.69, 9.17) is 4.74 Å². The van der Waals surface area contributed by atoms with Crippen molar-refractivity contribution >= 4 is 17.4 Å². The summed E-state index contributed by atoms with van der Waals surface area (Å²) in [6, 6.07) is 3.19. The van der Waals surface area contributed by atoms with Crippen LogP contribution in [0.5, 0.6) is 0 Å². The second-order valence-corrected chi connectivity index (χ2v) is 5.44. The standard InChI is InChI=1S/C16H15F3N4O2/c1-9-20-12(16(24)23-4-6-25-7-5-23)8-13(21-9)22-11-3-2-10(17)14(18)15(11)19/h2-3,8H,4-7H2,1H3,(H,20,21,22). The lowest BCUT2D eigenvalue weighted by atomic mass is 10.2. The molecule has 3 rings (SSSR count). The van der Waals surface area contributed by atoms with Crippen LogP contribution in [-0.4, -0.2) is 47.1 Å². The van der Waals surface area contributed by atoms with Gasteiger partial charge in [-0.2, -0.15) is 0 Å². The van der Waals surface area contributed by atoms with Gasteiger partial charge in [-0.15, -0.1) is 0 Å². The van der Waals surface area contributed by atoms with Crippen molar-refractivity contribution in [2.75, 3.05) is 31.6 Å². The molecule has 0 aliphatic carbocycles. The van der Waals surface area contributed by atoms with Gasteiger partial charge in [0, 0.05) is 19.2 Å². The highest BCUT2D eigenvalue weighted by Gasteiger charge is 2.21. The number of amides is 1. The van der Waals surface area contributed by atoms with E-state index in [0.717, 1.165) is 12.1 Å². The number of nitrogens with zero attached hydrogens (tertiary/aromatic N) is 3. The van der Waals surface area contributed by atoms with E-state index in [9.17, 15) is 18.0 Å². The molecule has 0 radical (unpaired) electrons. The Balaban J connectivity index is 1.87. The predicted octanol–water partition coefficient (Wildman–Crippen LogP) is 2.42. The molecule has 2 aromatic rings. The number of carbonyl (C=O) groups excluding carboxylic acids is 1. The smallest absolute Gasteiger partial charge is 0.272 e. The molecule has 1 amide bonds. The lowest BCUT2D eigenvalue weighted by Gasteiger charge is -2.26. The van der Waals surface area contributed by atoms with Crippen LogP contribution in [0.3, 0.4) is 0 Å². The van der Waals surface area contributed by atoms with Gasteiger partial charge in [0.25, 0.3) is 5.91 Å². The first kappa shape index (κ1) is 17.2. The molecule has 0 atom stereocenters. The molecule has 1 fully saturated rings. The van der Waals surface area contributed by atoms with Crippen molar-refractivity contribution in [3.63, 3.8) is 0 Å². The monoisotopic (exact) mass is 352 g/mol. The summed E-state index contributed by atoms with van der Waals surface area (Å²) in [4.78, 5) is 22.2. The van der Waals surface area contributed by atoms with E-state index < -0.39 is 17.5 Å². The van der Waals surface area contributed by atoms with E-state index in [1.807, 2.05) is 0 Å². The maximum atomic E-state index is 13.8. The Bertz CT molecular complexity index is 810. The second kappa shape index (κ2) is 7.06. The zero-order valence-electron chi connectivity index (χ0n) is 13.4. The van der Waals surface area contributed by atoms with E-state index in [2.05, 4.69) is 15.3 Å². The second-order valence-electron chi connectivity index (χ2n) is 5.44. The summed E-state index contributed by atoms with van der Waals surface area (Å²) in [5, 5.41) is 2.55. The molecule has 1 aliphatic heterocycles. The van der Waals surface area contributed by atoms with Gasteiger partial charge in [-0.3, -0.25) is 4.79 Å². The van der Waals surface area contributed by atoms with Crippen molar-refractivity contribution in [1.82, 2.24) is 14.9 Å². The van der Waals surface area contributed by atoms with Crippen molar-refractivity contribution in [2.45, 2.75) is 6.92 Å². The summed E-state index contributed by atoms with van der Waals surface area (Å²) in [5.74, 6) is -4.15. The van der Waals surface area contributed by atoms with Gasteiger partial charge in [0.15, 0.2) is 17.5 Å². The number of aromatic nitrogens is 2. The Hall–Kier alpha value is -2.68. The number of halogens is 3. The van der Waals surface area contributed by atoms with Crippen molar-refractivity contribution in [3.05, 3.63) is 47.2 Å². The minimum absolute atomic E-state index is 0.106. The number of anilines is 2. The summed E-state index contributed by atoms with van der Waals surface area (Å²) < 4.78 is 45.3. The molecule has 0 bridgehead atoms. The highest BCUT2D eigenvalue weighted by molar-refractivity contribution is 5.93. The SMILES string of the molecule is Cc1nc(Nc2ccc(F)c(F)c2F)cc(C(=O)N2CCOCC2)n1. The molecule has 0 spiro atoms. The van der Waals surface area contributed by atoms with E-state index >= 15 is 0 Å².